The van der Waals surface area contributed by atoms with Crippen LogP contribution in [0.15, 0.2) is 30.3 Å². The number of carbonyl (C=O) groups excluding carboxylic acids is 2. The molecule has 1 rings (SSSR count). The van der Waals surface area contributed by atoms with E-state index >= 15 is 0 Å². The van der Waals surface area contributed by atoms with Crippen LogP contribution in [0.3, 0.4) is 0 Å². The first-order chi connectivity index (χ1) is 11.0. The number of aliphatic hydroxyl groups is 1. The molecule has 2 atom stereocenters. The Balaban J connectivity index is 3.18. The number of alkyl halides is 3. The Hall–Kier alpha value is -2.13. The van der Waals surface area contributed by atoms with E-state index in [-0.39, 0.29) is 0 Å². The van der Waals surface area contributed by atoms with Crippen LogP contribution in [-0.2, 0) is 29.4 Å². The van der Waals surface area contributed by atoms with Gasteiger partial charge in [0.15, 0.2) is 5.60 Å². The Morgan fingerprint density at radius 1 is 1.08 bits per heavy atom. The number of hydrogen-bond acceptors (Lipinski definition) is 6. The molecular weight excluding hydrogens is 333 g/mol. The van der Waals surface area contributed by atoms with Crippen molar-refractivity contribution in [2.75, 3.05) is 20.8 Å². The molecule has 0 saturated carbocycles. The molecule has 0 amide bonds. The van der Waals surface area contributed by atoms with Crippen molar-refractivity contribution in [3.63, 3.8) is 0 Å². The predicted octanol–water partition coefficient (Wildman–Crippen LogP) is 1.56. The van der Waals surface area contributed by atoms with Crippen LogP contribution in [0.25, 0.3) is 0 Å². The molecule has 0 spiro atoms. The van der Waals surface area contributed by atoms with Crippen LogP contribution in [0.1, 0.15) is 12.5 Å². The van der Waals surface area contributed by atoms with Crippen molar-refractivity contribution in [1.29, 1.82) is 0 Å². The van der Waals surface area contributed by atoms with Gasteiger partial charge >= 0.3 is 18.1 Å². The number of hydrogen-bond donors (Lipinski definition) is 1. The van der Waals surface area contributed by atoms with Crippen LogP contribution in [0.4, 0.5) is 13.2 Å². The van der Waals surface area contributed by atoms with Crippen molar-refractivity contribution in [2.24, 2.45) is 0 Å². The summed E-state index contributed by atoms with van der Waals surface area (Å²) in [6.07, 6.45) is -5.14. The second kappa shape index (κ2) is 7.18. The van der Waals surface area contributed by atoms with Gasteiger partial charge in [0.2, 0.25) is 0 Å². The minimum absolute atomic E-state index is 0.497. The van der Waals surface area contributed by atoms with Gasteiger partial charge in [-0.3, -0.25) is 0 Å². The lowest BCUT2D eigenvalue weighted by Gasteiger charge is -2.33. The first-order valence-electron chi connectivity index (χ1n) is 6.68. The second-order valence-corrected chi connectivity index (χ2v) is 5.09. The van der Waals surface area contributed by atoms with Crippen LogP contribution in [0.5, 0.6) is 0 Å². The number of methoxy groups -OCH3 is 2. The number of carbonyl (C=O) groups is 2. The van der Waals surface area contributed by atoms with Crippen molar-refractivity contribution in [3.8, 4) is 0 Å². The van der Waals surface area contributed by atoms with Crippen molar-refractivity contribution in [1.82, 2.24) is 0 Å². The zero-order valence-corrected chi connectivity index (χ0v) is 13.2. The summed E-state index contributed by atoms with van der Waals surface area (Å²) >= 11 is 0. The molecule has 6 nitrogen and oxygen atoms in total. The van der Waals surface area contributed by atoms with Gasteiger partial charge in [0, 0.05) is 12.7 Å². The molecule has 1 aromatic carbocycles. The fourth-order valence-electron chi connectivity index (χ4n) is 1.97. The SMILES string of the molecule is COC(=O)[C@](C)(O)COC(=O)[C@@](OC)(c1ccccc1)C(F)(F)F. The van der Waals surface area contributed by atoms with E-state index in [0.717, 1.165) is 26.2 Å². The van der Waals surface area contributed by atoms with Crippen LogP contribution < -0.4 is 0 Å². The molecular formula is C15H17F3O6. The summed E-state index contributed by atoms with van der Waals surface area (Å²) in [6.45, 7) is -0.0940. The average molecular weight is 350 g/mol. The maximum atomic E-state index is 13.6. The molecule has 24 heavy (non-hydrogen) atoms. The van der Waals surface area contributed by atoms with E-state index in [9.17, 15) is 27.9 Å². The molecule has 1 N–H and O–H groups in total. The van der Waals surface area contributed by atoms with Crippen molar-refractivity contribution >= 4 is 11.9 Å². The topological polar surface area (TPSA) is 82.1 Å². The van der Waals surface area contributed by atoms with E-state index in [1.54, 1.807) is 0 Å². The van der Waals surface area contributed by atoms with Crippen molar-refractivity contribution < 1.29 is 42.1 Å². The van der Waals surface area contributed by atoms with Crippen molar-refractivity contribution in [3.05, 3.63) is 35.9 Å². The first-order valence-corrected chi connectivity index (χ1v) is 6.68. The summed E-state index contributed by atoms with van der Waals surface area (Å²) < 4.78 is 54.0. The highest BCUT2D eigenvalue weighted by molar-refractivity contribution is 5.84. The summed E-state index contributed by atoms with van der Waals surface area (Å²) in [6, 6.07) is 6.17. The van der Waals surface area contributed by atoms with Crippen LogP contribution in [0, 0.1) is 0 Å². The minimum atomic E-state index is -5.14. The van der Waals surface area contributed by atoms with Gasteiger partial charge in [-0.1, -0.05) is 30.3 Å². The fraction of sp³-hybridized carbons (Fsp3) is 0.467. The lowest BCUT2D eigenvalue weighted by Crippen LogP contribution is -2.53. The third-order valence-electron chi connectivity index (χ3n) is 3.28. The third-order valence-corrected chi connectivity index (χ3v) is 3.28. The van der Waals surface area contributed by atoms with Crippen LogP contribution in [-0.4, -0.2) is 49.6 Å². The predicted molar refractivity (Wildman–Crippen MR) is 74.8 cm³/mol. The molecule has 0 aliphatic carbocycles. The zero-order chi connectivity index (χ0) is 18.6. The Labute approximate surface area is 136 Å². The Morgan fingerprint density at radius 3 is 2.04 bits per heavy atom. The van der Waals surface area contributed by atoms with Gasteiger partial charge in [0.1, 0.15) is 6.61 Å². The van der Waals surface area contributed by atoms with E-state index in [0.29, 0.717) is 7.11 Å². The van der Waals surface area contributed by atoms with E-state index in [2.05, 4.69) is 14.2 Å². The Bertz CT molecular complexity index is 585. The molecule has 0 aromatic heterocycles. The van der Waals surface area contributed by atoms with E-state index < -0.39 is 41.5 Å². The molecule has 0 aliphatic rings. The highest BCUT2D eigenvalue weighted by atomic mass is 19.4. The van der Waals surface area contributed by atoms with Gasteiger partial charge < -0.3 is 19.3 Å². The molecule has 0 bridgehead atoms. The molecule has 9 heteroatoms. The van der Waals surface area contributed by atoms with Gasteiger partial charge in [-0.15, -0.1) is 0 Å². The smallest absolute Gasteiger partial charge is 0.432 e. The van der Waals surface area contributed by atoms with Gasteiger partial charge in [0.05, 0.1) is 7.11 Å². The molecule has 0 unspecified atom stereocenters. The van der Waals surface area contributed by atoms with Gasteiger partial charge in [-0.05, 0) is 6.92 Å². The second-order valence-electron chi connectivity index (χ2n) is 5.09. The molecule has 0 saturated heterocycles. The number of benzene rings is 1. The number of ether oxygens (including phenoxy) is 3. The van der Waals surface area contributed by atoms with E-state index in [1.807, 2.05) is 0 Å². The Morgan fingerprint density at radius 2 is 1.62 bits per heavy atom. The lowest BCUT2D eigenvalue weighted by atomic mass is 9.92. The van der Waals surface area contributed by atoms with Crippen LogP contribution >= 0.6 is 0 Å². The molecule has 0 heterocycles. The Kier molecular flexibility index (Phi) is 5.96. The maximum Gasteiger partial charge on any atom is 0.432 e. The van der Waals surface area contributed by atoms with Gasteiger partial charge in [-0.2, -0.15) is 13.2 Å². The van der Waals surface area contributed by atoms with Gasteiger partial charge in [-0.25, -0.2) is 9.59 Å². The maximum absolute atomic E-state index is 13.6. The quantitative estimate of drug-likeness (QED) is 0.784. The summed E-state index contributed by atoms with van der Waals surface area (Å²) in [5, 5.41) is 9.77. The zero-order valence-electron chi connectivity index (χ0n) is 13.2. The number of esters is 2. The molecule has 0 aliphatic heterocycles. The fourth-order valence-corrected chi connectivity index (χ4v) is 1.97. The van der Waals surface area contributed by atoms with Crippen molar-refractivity contribution in [2.45, 2.75) is 24.3 Å². The average Bonchev–Trinajstić information content (AvgIpc) is 2.53. The first kappa shape index (κ1) is 19.9. The van der Waals surface area contributed by atoms with Crippen LogP contribution in [0.2, 0.25) is 0 Å². The minimum Gasteiger partial charge on any atom is -0.467 e. The summed E-state index contributed by atoms with van der Waals surface area (Å²) in [5.41, 5.74) is -6.19. The number of rotatable bonds is 6. The highest BCUT2D eigenvalue weighted by Crippen LogP contribution is 2.43. The lowest BCUT2D eigenvalue weighted by molar-refractivity contribution is -0.277. The molecule has 0 fully saturated rings. The molecule has 134 valence electrons. The van der Waals surface area contributed by atoms with Gasteiger partial charge in [0.25, 0.3) is 5.60 Å². The monoisotopic (exact) mass is 350 g/mol. The summed E-state index contributed by atoms with van der Waals surface area (Å²) in [4.78, 5) is 23.5. The van der Waals surface area contributed by atoms with E-state index in [1.165, 1.54) is 18.2 Å². The number of halogens is 3. The molecule has 0 radical (unpaired) electrons. The summed E-state index contributed by atoms with van der Waals surface area (Å²) in [5.74, 6) is -2.97. The largest absolute Gasteiger partial charge is 0.467 e. The molecule has 1 aromatic rings. The standard InChI is InChI=1S/C15H17F3O6/c1-13(21,11(19)22-2)9-24-12(20)14(23-3,15(16,17)18)10-7-5-4-6-8-10/h4-8,21H,9H2,1-3H3/t13-,14+/m1/s1. The summed E-state index contributed by atoms with van der Waals surface area (Å²) in [7, 11) is 1.68. The van der Waals surface area contributed by atoms with E-state index in [4.69, 9.17) is 0 Å². The third kappa shape index (κ3) is 3.68. The highest BCUT2D eigenvalue weighted by Gasteiger charge is 2.64. The normalized spacial score (nSPS) is 16.6.